The lowest BCUT2D eigenvalue weighted by atomic mass is 9.76. The molecule has 0 radical (unpaired) electrons. The minimum absolute atomic E-state index is 0.282. The Morgan fingerprint density at radius 3 is 2.79 bits per heavy atom. The zero-order valence-electron chi connectivity index (χ0n) is 17.7. The topological polar surface area (TPSA) is 61.2 Å². The van der Waals surface area contributed by atoms with E-state index in [1.807, 2.05) is 0 Å². The Bertz CT molecular complexity index is 982. The highest BCUT2D eigenvalue weighted by Gasteiger charge is 2.46. The van der Waals surface area contributed by atoms with E-state index >= 15 is 0 Å². The second kappa shape index (κ2) is 7.26. The van der Waals surface area contributed by atoms with E-state index in [1.165, 1.54) is 29.3 Å². The van der Waals surface area contributed by atoms with Crippen LogP contribution < -0.4 is 0 Å². The molecule has 2 fully saturated rings. The van der Waals surface area contributed by atoms with Gasteiger partial charge in [0.15, 0.2) is 5.82 Å². The molecule has 154 valence electrons. The van der Waals surface area contributed by atoms with E-state index in [2.05, 4.69) is 76.3 Å². The summed E-state index contributed by atoms with van der Waals surface area (Å²) >= 11 is 0. The number of likely N-dealkylation sites (tertiary alicyclic amines) is 2. The zero-order valence-corrected chi connectivity index (χ0v) is 17.7. The molecule has 4 heterocycles. The summed E-state index contributed by atoms with van der Waals surface area (Å²) in [4.78, 5) is 13.1. The molecule has 6 heteroatoms. The van der Waals surface area contributed by atoms with Crippen LogP contribution in [0, 0.1) is 5.41 Å². The van der Waals surface area contributed by atoms with E-state index < -0.39 is 0 Å². The van der Waals surface area contributed by atoms with Gasteiger partial charge in [0, 0.05) is 36.1 Å². The molecule has 0 aliphatic carbocycles. The lowest BCUT2D eigenvalue weighted by Crippen LogP contribution is -2.40. The molecular formula is C23H31N5O. The molecule has 1 N–H and O–H groups in total. The maximum atomic E-state index is 5.47. The number of aromatic amines is 1. The fraction of sp³-hybridized carbons (Fsp3) is 0.565. The van der Waals surface area contributed by atoms with E-state index in [9.17, 15) is 0 Å². The van der Waals surface area contributed by atoms with Crippen LogP contribution in [0.4, 0.5) is 0 Å². The lowest BCUT2D eigenvalue weighted by molar-refractivity contribution is 0.106. The predicted octanol–water partition coefficient (Wildman–Crippen LogP) is 4.33. The number of nitrogens with one attached hydrogen (secondary N) is 1. The van der Waals surface area contributed by atoms with Crippen molar-refractivity contribution in [1.82, 2.24) is 24.9 Å². The first-order valence-corrected chi connectivity index (χ1v) is 10.8. The second-order valence-electron chi connectivity index (χ2n) is 9.42. The Hall–Kier alpha value is -2.18. The number of benzene rings is 1. The minimum Gasteiger partial charge on any atom is -0.361 e. The molecule has 5 rings (SSSR count). The monoisotopic (exact) mass is 393 g/mol. The number of hydrogen-bond donors (Lipinski definition) is 1. The first kappa shape index (κ1) is 18.8. The zero-order chi connectivity index (χ0) is 20.0. The SMILES string of the molecule is CC(C)c1nc(C2CC3(CCN(Cc4c[nH]c5ccccc45)CC3)CN2C)no1. The van der Waals surface area contributed by atoms with Crippen molar-refractivity contribution >= 4 is 10.9 Å². The molecule has 1 unspecified atom stereocenters. The Labute approximate surface area is 172 Å². The van der Waals surface area contributed by atoms with Gasteiger partial charge in [-0.2, -0.15) is 4.98 Å². The number of nitrogens with zero attached hydrogens (tertiary/aromatic N) is 4. The highest BCUT2D eigenvalue weighted by Crippen LogP contribution is 2.48. The largest absolute Gasteiger partial charge is 0.361 e. The summed E-state index contributed by atoms with van der Waals surface area (Å²) in [6.07, 6.45) is 5.80. The molecule has 3 aromatic rings. The van der Waals surface area contributed by atoms with E-state index in [0.717, 1.165) is 44.3 Å². The van der Waals surface area contributed by atoms with Crippen LogP contribution in [0.15, 0.2) is 35.0 Å². The van der Waals surface area contributed by atoms with Crippen molar-refractivity contribution in [2.45, 2.75) is 51.6 Å². The fourth-order valence-corrected chi connectivity index (χ4v) is 5.23. The first-order chi connectivity index (χ1) is 14.0. The highest BCUT2D eigenvalue weighted by molar-refractivity contribution is 5.82. The van der Waals surface area contributed by atoms with Crippen molar-refractivity contribution in [3.63, 3.8) is 0 Å². The van der Waals surface area contributed by atoms with Crippen molar-refractivity contribution in [3.05, 3.63) is 47.7 Å². The van der Waals surface area contributed by atoms with Crippen LogP contribution in [0.25, 0.3) is 10.9 Å². The quantitative estimate of drug-likeness (QED) is 0.715. The Balaban J connectivity index is 1.24. The molecule has 1 aromatic carbocycles. The number of fused-ring (bicyclic) bond motifs is 1. The van der Waals surface area contributed by atoms with Crippen molar-refractivity contribution in [1.29, 1.82) is 0 Å². The predicted molar refractivity (Wildman–Crippen MR) is 114 cm³/mol. The lowest BCUT2D eigenvalue weighted by Gasteiger charge is -2.39. The fourth-order valence-electron chi connectivity index (χ4n) is 5.23. The van der Waals surface area contributed by atoms with E-state index in [0.29, 0.717) is 5.41 Å². The summed E-state index contributed by atoms with van der Waals surface area (Å²) in [7, 11) is 2.21. The highest BCUT2D eigenvalue weighted by atomic mass is 16.5. The van der Waals surface area contributed by atoms with Gasteiger partial charge in [0.25, 0.3) is 0 Å². The van der Waals surface area contributed by atoms with Gasteiger partial charge in [0.1, 0.15) is 0 Å². The van der Waals surface area contributed by atoms with Crippen LogP contribution >= 0.6 is 0 Å². The molecule has 0 amide bonds. The Kier molecular flexibility index (Phi) is 4.71. The number of aromatic nitrogens is 3. The average molecular weight is 394 g/mol. The average Bonchev–Trinajstić information content (AvgIpc) is 3.42. The van der Waals surface area contributed by atoms with Crippen LogP contribution in [-0.4, -0.2) is 51.6 Å². The molecule has 2 saturated heterocycles. The molecule has 1 spiro atoms. The summed E-state index contributed by atoms with van der Waals surface area (Å²) in [5.41, 5.74) is 3.03. The van der Waals surface area contributed by atoms with Gasteiger partial charge in [-0.1, -0.05) is 37.2 Å². The smallest absolute Gasteiger partial charge is 0.229 e. The molecule has 0 bridgehead atoms. The standard InChI is InChI=1S/C23H31N5O/c1-16(2)22-25-21(26-29-22)20-12-23(15-27(20)3)8-10-28(11-9-23)14-17-13-24-19-7-5-4-6-18(17)19/h4-7,13,16,20,24H,8-12,14-15H2,1-3H3. The first-order valence-electron chi connectivity index (χ1n) is 10.8. The maximum absolute atomic E-state index is 5.47. The van der Waals surface area contributed by atoms with Gasteiger partial charge in [-0.25, -0.2) is 0 Å². The molecule has 2 aliphatic heterocycles. The van der Waals surface area contributed by atoms with Crippen molar-refractivity contribution in [2.24, 2.45) is 5.41 Å². The van der Waals surface area contributed by atoms with Crippen molar-refractivity contribution in [2.75, 3.05) is 26.7 Å². The number of H-pyrrole nitrogens is 1. The second-order valence-corrected chi connectivity index (χ2v) is 9.42. The van der Waals surface area contributed by atoms with Crippen LogP contribution in [-0.2, 0) is 6.54 Å². The third-order valence-electron chi connectivity index (χ3n) is 6.98. The molecule has 6 nitrogen and oxygen atoms in total. The Morgan fingerprint density at radius 2 is 2.03 bits per heavy atom. The molecule has 2 aromatic heterocycles. The van der Waals surface area contributed by atoms with E-state index in [1.54, 1.807) is 0 Å². The summed E-state index contributed by atoms with van der Waals surface area (Å²) in [6.45, 7) is 8.67. The van der Waals surface area contributed by atoms with Crippen LogP contribution in [0.2, 0.25) is 0 Å². The number of hydrogen-bond acceptors (Lipinski definition) is 5. The summed E-state index contributed by atoms with van der Waals surface area (Å²) in [5, 5.41) is 5.65. The third-order valence-corrected chi connectivity index (χ3v) is 6.98. The summed E-state index contributed by atoms with van der Waals surface area (Å²) in [6, 6.07) is 8.88. The normalized spacial score (nSPS) is 23.0. The van der Waals surface area contributed by atoms with Crippen molar-refractivity contribution in [3.8, 4) is 0 Å². The van der Waals surface area contributed by atoms with Gasteiger partial charge in [-0.15, -0.1) is 0 Å². The van der Waals surface area contributed by atoms with Gasteiger partial charge >= 0.3 is 0 Å². The maximum Gasteiger partial charge on any atom is 0.229 e. The van der Waals surface area contributed by atoms with Crippen LogP contribution in [0.1, 0.15) is 62.3 Å². The third kappa shape index (κ3) is 3.49. The van der Waals surface area contributed by atoms with Gasteiger partial charge in [-0.3, -0.25) is 9.80 Å². The molecule has 1 atom stereocenters. The van der Waals surface area contributed by atoms with Gasteiger partial charge in [0.2, 0.25) is 5.89 Å². The van der Waals surface area contributed by atoms with Gasteiger partial charge in [-0.05, 0) is 56.4 Å². The van der Waals surface area contributed by atoms with Gasteiger partial charge in [0.05, 0.1) is 6.04 Å². The number of piperidine rings is 1. The molecular weight excluding hydrogens is 362 g/mol. The van der Waals surface area contributed by atoms with Crippen molar-refractivity contribution < 1.29 is 4.52 Å². The van der Waals surface area contributed by atoms with Crippen LogP contribution in [0.5, 0.6) is 0 Å². The number of rotatable bonds is 4. The number of para-hydroxylation sites is 1. The Morgan fingerprint density at radius 1 is 1.24 bits per heavy atom. The van der Waals surface area contributed by atoms with E-state index in [4.69, 9.17) is 4.52 Å². The molecule has 2 aliphatic rings. The van der Waals surface area contributed by atoms with Crippen LogP contribution in [0.3, 0.4) is 0 Å². The minimum atomic E-state index is 0.282. The summed E-state index contributed by atoms with van der Waals surface area (Å²) < 4.78 is 5.47. The summed E-state index contributed by atoms with van der Waals surface area (Å²) in [5.74, 6) is 1.90. The molecule has 0 saturated carbocycles. The van der Waals surface area contributed by atoms with E-state index in [-0.39, 0.29) is 12.0 Å². The van der Waals surface area contributed by atoms with Gasteiger partial charge < -0.3 is 9.51 Å². The molecule has 29 heavy (non-hydrogen) atoms.